The van der Waals surface area contributed by atoms with Gasteiger partial charge in [0.1, 0.15) is 0 Å². The molecular formula is C15H15Br2N. The normalized spacial score (nSPS) is 12.2. The molecule has 0 aliphatic heterocycles. The molecule has 2 aromatic carbocycles. The average Bonchev–Trinajstić information content (AvgIpc) is 2.32. The molecule has 18 heavy (non-hydrogen) atoms. The first kappa shape index (κ1) is 13.6. The van der Waals surface area contributed by atoms with Gasteiger partial charge in [-0.1, -0.05) is 34.1 Å². The molecule has 0 aliphatic carbocycles. The second-order valence-electron chi connectivity index (χ2n) is 4.40. The second kappa shape index (κ2) is 5.89. The molecule has 0 amide bonds. The molecule has 0 bridgehead atoms. The van der Waals surface area contributed by atoms with E-state index in [9.17, 15) is 0 Å². The lowest BCUT2D eigenvalue weighted by molar-refractivity contribution is 0.882. The number of hydrogen-bond donors (Lipinski definition) is 1. The Balaban J connectivity index is 2.18. The summed E-state index contributed by atoms with van der Waals surface area (Å²) in [6.07, 6.45) is 0. The van der Waals surface area contributed by atoms with Crippen molar-refractivity contribution < 1.29 is 0 Å². The molecule has 0 fully saturated rings. The number of hydrogen-bond acceptors (Lipinski definition) is 1. The minimum absolute atomic E-state index is 0.265. The molecule has 0 aromatic heterocycles. The first-order chi connectivity index (χ1) is 8.56. The van der Waals surface area contributed by atoms with Crippen LogP contribution in [0.3, 0.4) is 0 Å². The highest BCUT2D eigenvalue weighted by Gasteiger charge is 2.07. The van der Waals surface area contributed by atoms with Crippen LogP contribution in [0.4, 0.5) is 5.69 Å². The fourth-order valence-corrected chi connectivity index (χ4v) is 2.85. The SMILES string of the molecule is Cc1ccc(NC(C)c2cccc(Br)c2)c(Br)c1. The highest BCUT2D eigenvalue weighted by atomic mass is 79.9. The number of anilines is 1. The van der Waals surface area contributed by atoms with Gasteiger partial charge in [-0.2, -0.15) is 0 Å². The van der Waals surface area contributed by atoms with E-state index in [2.05, 4.69) is 87.4 Å². The molecule has 1 unspecified atom stereocenters. The van der Waals surface area contributed by atoms with Crippen LogP contribution in [0, 0.1) is 6.92 Å². The van der Waals surface area contributed by atoms with E-state index in [4.69, 9.17) is 0 Å². The van der Waals surface area contributed by atoms with Gasteiger partial charge >= 0.3 is 0 Å². The van der Waals surface area contributed by atoms with Crippen LogP contribution in [0.2, 0.25) is 0 Å². The third kappa shape index (κ3) is 3.36. The third-order valence-electron chi connectivity index (χ3n) is 2.85. The lowest BCUT2D eigenvalue weighted by Crippen LogP contribution is -2.07. The predicted octanol–water partition coefficient (Wildman–Crippen LogP) is 5.69. The number of nitrogens with one attached hydrogen (secondary N) is 1. The second-order valence-corrected chi connectivity index (χ2v) is 6.17. The van der Waals surface area contributed by atoms with E-state index in [0.717, 1.165) is 14.6 Å². The third-order valence-corrected chi connectivity index (χ3v) is 3.99. The molecule has 2 rings (SSSR count). The Labute approximate surface area is 125 Å². The summed E-state index contributed by atoms with van der Waals surface area (Å²) >= 11 is 7.09. The van der Waals surface area contributed by atoms with Crippen molar-refractivity contribution in [2.45, 2.75) is 19.9 Å². The van der Waals surface area contributed by atoms with Gasteiger partial charge in [-0.25, -0.2) is 0 Å². The Morgan fingerprint density at radius 1 is 1.06 bits per heavy atom. The molecule has 1 nitrogen and oxygen atoms in total. The van der Waals surface area contributed by atoms with Crippen LogP contribution in [0.5, 0.6) is 0 Å². The topological polar surface area (TPSA) is 12.0 Å². The fraction of sp³-hybridized carbons (Fsp3) is 0.200. The van der Waals surface area contributed by atoms with Gasteiger partial charge in [-0.15, -0.1) is 0 Å². The largest absolute Gasteiger partial charge is 0.378 e. The summed E-state index contributed by atoms with van der Waals surface area (Å²) in [7, 11) is 0. The number of benzene rings is 2. The summed E-state index contributed by atoms with van der Waals surface area (Å²) < 4.78 is 2.21. The van der Waals surface area contributed by atoms with Crippen LogP contribution < -0.4 is 5.32 Å². The highest BCUT2D eigenvalue weighted by molar-refractivity contribution is 9.10. The van der Waals surface area contributed by atoms with Crippen molar-refractivity contribution in [2.75, 3.05) is 5.32 Å². The Hall–Kier alpha value is -0.800. The summed E-state index contributed by atoms with van der Waals surface area (Å²) in [6, 6.07) is 15.0. The molecule has 0 heterocycles. The first-order valence-corrected chi connectivity index (χ1v) is 7.43. The van der Waals surface area contributed by atoms with Crippen molar-refractivity contribution in [2.24, 2.45) is 0 Å². The number of rotatable bonds is 3. The maximum atomic E-state index is 3.59. The monoisotopic (exact) mass is 367 g/mol. The summed E-state index contributed by atoms with van der Waals surface area (Å²) in [5, 5.41) is 3.51. The van der Waals surface area contributed by atoms with Crippen molar-refractivity contribution in [3.8, 4) is 0 Å². The molecule has 2 aromatic rings. The molecule has 0 aliphatic rings. The van der Waals surface area contributed by atoms with Crippen molar-refractivity contribution in [1.82, 2.24) is 0 Å². The fourth-order valence-electron chi connectivity index (χ4n) is 1.83. The molecule has 3 heteroatoms. The van der Waals surface area contributed by atoms with Crippen LogP contribution >= 0.6 is 31.9 Å². The van der Waals surface area contributed by atoms with E-state index >= 15 is 0 Å². The standard InChI is InChI=1S/C15H15Br2N/c1-10-6-7-15(14(17)8-10)18-11(2)12-4-3-5-13(16)9-12/h3-9,11,18H,1-2H3. The van der Waals surface area contributed by atoms with E-state index in [1.165, 1.54) is 11.1 Å². The summed E-state index contributed by atoms with van der Waals surface area (Å²) in [6.45, 7) is 4.25. The predicted molar refractivity (Wildman–Crippen MR) is 85.1 cm³/mol. The van der Waals surface area contributed by atoms with Gasteiger partial charge in [-0.3, -0.25) is 0 Å². The zero-order valence-corrected chi connectivity index (χ0v) is 13.5. The van der Waals surface area contributed by atoms with Gasteiger partial charge in [-0.05, 0) is 65.2 Å². The van der Waals surface area contributed by atoms with Crippen LogP contribution in [-0.2, 0) is 0 Å². The van der Waals surface area contributed by atoms with E-state index < -0.39 is 0 Å². The van der Waals surface area contributed by atoms with Crippen molar-refractivity contribution in [1.29, 1.82) is 0 Å². The minimum Gasteiger partial charge on any atom is -0.378 e. The van der Waals surface area contributed by atoms with Gasteiger partial charge < -0.3 is 5.32 Å². The smallest absolute Gasteiger partial charge is 0.0489 e. The highest BCUT2D eigenvalue weighted by Crippen LogP contribution is 2.28. The van der Waals surface area contributed by atoms with E-state index in [-0.39, 0.29) is 6.04 Å². The average molecular weight is 369 g/mol. The summed E-state index contributed by atoms with van der Waals surface area (Å²) in [5.41, 5.74) is 3.63. The van der Waals surface area contributed by atoms with E-state index in [1.54, 1.807) is 0 Å². The molecule has 0 spiro atoms. The van der Waals surface area contributed by atoms with Crippen molar-refractivity contribution in [3.05, 3.63) is 62.5 Å². The molecule has 1 N–H and O–H groups in total. The summed E-state index contributed by atoms with van der Waals surface area (Å²) in [4.78, 5) is 0. The van der Waals surface area contributed by atoms with Gasteiger partial charge in [0.25, 0.3) is 0 Å². The van der Waals surface area contributed by atoms with E-state index in [1.807, 2.05) is 6.07 Å². The maximum Gasteiger partial charge on any atom is 0.0489 e. The first-order valence-electron chi connectivity index (χ1n) is 5.84. The molecule has 0 saturated heterocycles. The van der Waals surface area contributed by atoms with E-state index in [0.29, 0.717) is 0 Å². The lowest BCUT2D eigenvalue weighted by atomic mass is 10.1. The lowest BCUT2D eigenvalue weighted by Gasteiger charge is -2.17. The van der Waals surface area contributed by atoms with Gasteiger partial charge in [0.2, 0.25) is 0 Å². The van der Waals surface area contributed by atoms with Crippen molar-refractivity contribution >= 4 is 37.5 Å². The number of aryl methyl sites for hydroxylation is 1. The molecule has 0 radical (unpaired) electrons. The van der Waals surface area contributed by atoms with Gasteiger partial charge in [0.15, 0.2) is 0 Å². The molecule has 0 saturated carbocycles. The Morgan fingerprint density at radius 2 is 1.83 bits per heavy atom. The summed E-state index contributed by atoms with van der Waals surface area (Å²) in [5.74, 6) is 0. The number of halogens is 2. The quantitative estimate of drug-likeness (QED) is 0.733. The maximum absolute atomic E-state index is 3.59. The molecule has 94 valence electrons. The van der Waals surface area contributed by atoms with Gasteiger partial charge in [0.05, 0.1) is 0 Å². The van der Waals surface area contributed by atoms with Crippen LogP contribution in [0.1, 0.15) is 24.1 Å². The van der Waals surface area contributed by atoms with Crippen LogP contribution in [0.25, 0.3) is 0 Å². The zero-order valence-electron chi connectivity index (χ0n) is 10.4. The van der Waals surface area contributed by atoms with Crippen LogP contribution in [0.15, 0.2) is 51.4 Å². The Bertz CT molecular complexity index is 552. The molecular weight excluding hydrogens is 354 g/mol. The Morgan fingerprint density at radius 3 is 2.50 bits per heavy atom. The van der Waals surface area contributed by atoms with Crippen molar-refractivity contribution in [3.63, 3.8) is 0 Å². The minimum atomic E-state index is 0.265. The van der Waals surface area contributed by atoms with Gasteiger partial charge in [0, 0.05) is 20.7 Å². The Kier molecular flexibility index (Phi) is 4.46. The van der Waals surface area contributed by atoms with Crippen LogP contribution in [-0.4, -0.2) is 0 Å². The zero-order chi connectivity index (χ0) is 13.1. The molecule has 1 atom stereocenters.